The third kappa shape index (κ3) is 22.5. The number of nitrogens with one attached hydrogen (secondary N) is 5. The highest BCUT2D eigenvalue weighted by Crippen LogP contribution is 2.31. The lowest BCUT2D eigenvalue weighted by molar-refractivity contribution is -0.366. The number of aliphatic hydroxyl groups excluding tert-OH is 13. The molecule has 4 rings (SSSR count). The molecule has 4 saturated heterocycles. The second-order valence-electron chi connectivity index (χ2n) is 20.4. The molecular formula is C49H86N6O27. The van der Waals surface area contributed by atoms with Crippen molar-refractivity contribution in [2.75, 3.05) is 85.4 Å². The van der Waals surface area contributed by atoms with E-state index in [4.69, 9.17) is 37.9 Å². The zero-order valence-electron chi connectivity index (χ0n) is 45.9. The van der Waals surface area contributed by atoms with E-state index in [1.54, 1.807) is 0 Å². The molecule has 0 unspecified atom stereocenters. The van der Waals surface area contributed by atoms with Crippen molar-refractivity contribution in [3.63, 3.8) is 0 Å². The number of unbranched alkanes of at least 4 members (excludes halogenated alkanes) is 2. The summed E-state index contributed by atoms with van der Waals surface area (Å²) in [6, 6.07) is 0. The van der Waals surface area contributed by atoms with Gasteiger partial charge in [0.1, 0.15) is 97.3 Å². The fourth-order valence-electron chi connectivity index (χ4n) is 8.93. The molecule has 33 heteroatoms. The molecule has 474 valence electrons. The first kappa shape index (κ1) is 70.6. The predicted octanol–water partition coefficient (Wildman–Crippen LogP) is -10.1. The van der Waals surface area contributed by atoms with Crippen molar-refractivity contribution in [1.29, 1.82) is 0 Å². The van der Waals surface area contributed by atoms with Gasteiger partial charge in [-0.3, -0.25) is 28.9 Å². The van der Waals surface area contributed by atoms with Crippen molar-refractivity contribution in [3.05, 3.63) is 0 Å². The first-order valence-electron chi connectivity index (χ1n) is 27.4. The summed E-state index contributed by atoms with van der Waals surface area (Å²) in [5, 5.41) is 147. The molecule has 0 aromatic carbocycles. The van der Waals surface area contributed by atoms with Crippen LogP contribution in [-0.4, -0.2) is 315 Å². The molecule has 82 heavy (non-hydrogen) atoms. The van der Waals surface area contributed by atoms with Gasteiger partial charge in [0.15, 0.2) is 25.2 Å². The fourth-order valence-corrected chi connectivity index (χ4v) is 8.93. The lowest BCUT2D eigenvalue weighted by Crippen LogP contribution is -2.65. The van der Waals surface area contributed by atoms with Crippen LogP contribution < -0.4 is 26.6 Å². The van der Waals surface area contributed by atoms with Gasteiger partial charge in [0.25, 0.3) is 0 Å². The molecule has 0 saturated carbocycles. The van der Waals surface area contributed by atoms with Crippen LogP contribution in [0.15, 0.2) is 0 Å². The molecule has 5 amide bonds. The Kier molecular flexibility index (Phi) is 31.2. The maximum Gasteiger partial charge on any atom is 0.234 e. The topological polar surface area (TPSA) is 503 Å². The lowest BCUT2D eigenvalue weighted by Gasteiger charge is -2.46. The van der Waals surface area contributed by atoms with Crippen LogP contribution >= 0.6 is 0 Å². The first-order valence-corrected chi connectivity index (χ1v) is 27.4. The third-order valence-electron chi connectivity index (χ3n) is 13.7. The number of Topliss-reactive ketones (excluding diaryl/α,β-unsaturated/α-hetero) is 1. The Labute approximate surface area is 472 Å². The average molecular weight is 1190 g/mol. The number of aliphatic hydroxyl groups is 13. The average Bonchev–Trinajstić information content (AvgIpc) is 3.11. The van der Waals surface area contributed by atoms with Crippen LogP contribution in [0.5, 0.6) is 0 Å². The summed E-state index contributed by atoms with van der Waals surface area (Å²) in [7, 11) is 0. The number of ether oxygens (including phenoxy) is 8. The molecule has 20 atom stereocenters. The minimum absolute atomic E-state index is 0.000927. The quantitative estimate of drug-likeness (QED) is 0.0262. The van der Waals surface area contributed by atoms with Crippen molar-refractivity contribution in [1.82, 2.24) is 31.5 Å². The molecule has 4 aliphatic heterocycles. The molecule has 0 aromatic rings. The molecule has 18 N–H and O–H groups in total. The number of nitrogens with zero attached hydrogens (tertiary/aromatic N) is 1. The van der Waals surface area contributed by atoms with E-state index in [2.05, 4.69) is 26.6 Å². The van der Waals surface area contributed by atoms with Gasteiger partial charge in [0, 0.05) is 52.0 Å². The van der Waals surface area contributed by atoms with Crippen LogP contribution in [0.3, 0.4) is 0 Å². The van der Waals surface area contributed by atoms with Crippen molar-refractivity contribution >= 4 is 35.3 Å². The van der Waals surface area contributed by atoms with Crippen LogP contribution in [0.1, 0.15) is 65.2 Å². The van der Waals surface area contributed by atoms with Crippen LogP contribution in [0.4, 0.5) is 0 Å². The summed E-state index contributed by atoms with van der Waals surface area (Å²) in [6.07, 6.45) is -29.7. The maximum absolute atomic E-state index is 13.0. The van der Waals surface area contributed by atoms with Crippen molar-refractivity contribution in [2.24, 2.45) is 0 Å². The highest BCUT2D eigenvalue weighted by Gasteiger charge is 2.52. The first-order chi connectivity index (χ1) is 39.0. The van der Waals surface area contributed by atoms with E-state index >= 15 is 0 Å². The van der Waals surface area contributed by atoms with Crippen molar-refractivity contribution < 1.29 is 133 Å². The van der Waals surface area contributed by atoms with Gasteiger partial charge in [0.05, 0.1) is 58.8 Å². The summed E-state index contributed by atoms with van der Waals surface area (Å²) < 4.78 is 44.1. The molecule has 0 aromatic heterocycles. The van der Waals surface area contributed by atoms with Crippen LogP contribution in [-0.2, 0) is 66.7 Å². The standard InChI is InChI=1S/C49H86N6O27/c1-24(58)8-4-3-5-11-50-31(61)18-55(19-32(62)51-12-6-9-29(59)53-14-16-75-46-41(71)38(68)34(64)25(2)78-46)20-33(63)52-13-7-10-30(60)54-15-17-76-48-44(74)45(82-49-43(73)40(70)36(66)27(22-57)80-49)37(67)28(81-48)23-77-47-42(72)39(69)35(65)26(21-56)79-47/h25-28,34-49,56-57,64-74H,3-23H2,1-2H3,(H,50,61)(H,51,62)(H,52,63)(H,53,59)(H,54,60)/t25-,26+,27+,28+,34+,35+,36+,37+,38+,39-,40-,41-,42-,43-,44-,45-,46+,47-,48-,49+/m0/s1. The highest BCUT2D eigenvalue weighted by atomic mass is 16.8. The number of hydrogen-bond acceptors (Lipinski definition) is 28. The zero-order valence-corrected chi connectivity index (χ0v) is 45.9. The van der Waals surface area contributed by atoms with Crippen LogP contribution in [0, 0.1) is 0 Å². The van der Waals surface area contributed by atoms with E-state index < -0.39 is 173 Å². The highest BCUT2D eigenvalue weighted by molar-refractivity contribution is 5.84. The van der Waals surface area contributed by atoms with Crippen LogP contribution in [0.25, 0.3) is 0 Å². The number of carbonyl (C=O) groups excluding carboxylic acids is 6. The lowest BCUT2D eigenvalue weighted by atomic mass is 9.96. The molecule has 0 aliphatic carbocycles. The van der Waals surface area contributed by atoms with Gasteiger partial charge in [-0.05, 0) is 39.5 Å². The van der Waals surface area contributed by atoms with E-state index in [1.807, 2.05) is 0 Å². The Bertz CT molecular complexity index is 1950. The van der Waals surface area contributed by atoms with Gasteiger partial charge in [-0.1, -0.05) is 6.42 Å². The van der Waals surface area contributed by atoms with Gasteiger partial charge in [-0.25, -0.2) is 0 Å². The minimum atomic E-state index is -1.96. The largest absolute Gasteiger partial charge is 0.394 e. The fraction of sp³-hybridized carbons (Fsp3) is 0.878. The number of rotatable bonds is 35. The van der Waals surface area contributed by atoms with E-state index in [0.29, 0.717) is 32.2 Å². The second kappa shape index (κ2) is 36.2. The summed E-state index contributed by atoms with van der Waals surface area (Å²) in [5.41, 5.74) is 0. The minimum Gasteiger partial charge on any atom is -0.394 e. The second-order valence-corrected chi connectivity index (χ2v) is 20.4. The summed E-state index contributed by atoms with van der Waals surface area (Å²) in [5.74, 6) is -2.40. The Hall–Kier alpha value is -3.86. The van der Waals surface area contributed by atoms with Crippen LogP contribution in [0.2, 0.25) is 0 Å². The van der Waals surface area contributed by atoms with Gasteiger partial charge in [-0.15, -0.1) is 0 Å². The zero-order chi connectivity index (χ0) is 60.6. The third-order valence-corrected chi connectivity index (χ3v) is 13.7. The maximum atomic E-state index is 13.0. The SMILES string of the molecule is CC(=O)CCCCCNC(=O)CN(CC(=O)NCCCC(=O)NCCO[C@@H]1O[C@@H](C)[C@@H](O)[C@@H](O)[C@@H]1O)CC(=O)NCCCC(=O)NCCO[C@H]1O[C@H](CO[C@H]2O[C@H](CO)[C@@H](O)[C@H](O)[C@@H]2O)[C@@H](O)[C@H](O[C@H]2O[C@H](CO)[C@@H](O)[C@H](O)[C@@H]2O)[C@@H]1O. The summed E-state index contributed by atoms with van der Waals surface area (Å²) in [6.45, 7) is -0.616. The monoisotopic (exact) mass is 1190 g/mol. The van der Waals surface area contributed by atoms with Gasteiger partial charge >= 0.3 is 0 Å². The summed E-state index contributed by atoms with van der Waals surface area (Å²) in [4.78, 5) is 76.5. The number of hydrogen-bond donors (Lipinski definition) is 18. The molecule has 0 bridgehead atoms. The Morgan fingerprint density at radius 2 is 0.829 bits per heavy atom. The molecular weight excluding hydrogens is 1100 g/mol. The Balaban J connectivity index is 1.22. The van der Waals surface area contributed by atoms with E-state index in [9.17, 15) is 95.2 Å². The number of amides is 5. The number of carbonyl (C=O) groups is 6. The van der Waals surface area contributed by atoms with Gasteiger partial charge < -0.3 is 136 Å². The Morgan fingerprint density at radius 3 is 1.32 bits per heavy atom. The van der Waals surface area contributed by atoms with Crippen molar-refractivity contribution in [3.8, 4) is 0 Å². The Morgan fingerprint density at radius 1 is 0.415 bits per heavy atom. The number of ketones is 1. The predicted molar refractivity (Wildman–Crippen MR) is 272 cm³/mol. The molecule has 4 heterocycles. The van der Waals surface area contributed by atoms with E-state index in [0.717, 1.165) is 0 Å². The molecule has 4 aliphatic rings. The molecule has 0 spiro atoms. The van der Waals surface area contributed by atoms with E-state index in [1.165, 1.54) is 18.7 Å². The summed E-state index contributed by atoms with van der Waals surface area (Å²) >= 11 is 0. The smallest absolute Gasteiger partial charge is 0.234 e. The van der Waals surface area contributed by atoms with Crippen molar-refractivity contribution in [2.45, 2.75) is 188 Å². The normalized spacial score (nSPS) is 34.0. The molecule has 0 radical (unpaired) electrons. The van der Waals surface area contributed by atoms with Gasteiger partial charge in [0.2, 0.25) is 29.5 Å². The molecule has 33 nitrogen and oxygen atoms in total. The van der Waals surface area contributed by atoms with Gasteiger partial charge in [-0.2, -0.15) is 0 Å². The molecule has 4 fully saturated rings. The van der Waals surface area contributed by atoms with E-state index in [-0.39, 0.29) is 89.9 Å².